The molecule has 0 bridgehead atoms. The zero-order chi connectivity index (χ0) is 16.8. The summed E-state index contributed by atoms with van der Waals surface area (Å²) in [4.78, 5) is 24.3. The Balaban J connectivity index is 2.00. The zero-order valence-electron chi connectivity index (χ0n) is 13.4. The van der Waals surface area contributed by atoms with E-state index in [-0.39, 0.29) is 5.91 Å². The SMILES string of the molecule is CNc1ccccc1C(=O)O[C@H](C)C(=O)Nc1ccc(C)cc1. The Hall–Kier alpha value is -2.82. The van der Waals surface area contributed by atoms with Gasteiger partial charge in [0.2, 0.25) is 0 Å². The molecule has 0 fully saturated rings. The predicted octanol–water partition coefficient (Wildman–Crippen LogP) is 3.22. The minimum atomic E-state index is -0.895. The van der Waals surface area contributed by atoms with E-state index in [2.05, 4.69) is 10.6 Å². The fourth-order valence-electron chi connectivity index (χ4n) is 2.04. The molecule has 5 heteroatoms. The van der Waals surface area contributed by atoms with Gasteiger partial charge in [-0.25, -0.2) is 4.79 Å². The normalized spacial score (nSPS) is 11.4. The standard InChI is InChI=1S/C18H20N2O3/c1-12-8-10-14(11-9-12)20-17(21)13(2)23-18(22)15-6-4-5-7-16(15)19-3/h4-11,13,19H,1-3H3,(H,20,21)/t13-/m1/s1. The van der Waals surface area contributed by atoms with Gasteiger partial charge in [0.15, 0.2) is 6.10 Å². The number of esters is 1. The average molecular weight is 312 g/mol. The minimum Gasteiger partial charge on any atom is -0.449 e. The Kier molecular flexibility index (Phi) is 5.36. The number of para-hydroxylation sites is 1. The summed E-state index contributed by atoms with van der Waals surface area (Å²) in [7, 11) is 1.72. The van der Waals surface area contributed by atoms with E-state index >= 15 is 0 Å². The lowest BCUT2D eigenvalue weighted by atomic mass is 10.2. The molecule has 1 amide bonds. The molecule has 0 radical (unpaired) electrons. The van der Waals surface area contributed by atoms with Gasteiger partial charge in [0.25, 0.3) is 5.91 Å². The smallest absolute Gasteiger partial charge is 0.341 e. The van der Waals surface area contributed by atoms with Crippen molar-refractivity contribution in [2.45, 2.75) is 20.0 Å². The molecule has 0 saturated heterocycles. The average Bonchev–Trinajstić information content (AvgIpc) is 2.56. The number of rotatable bonds is 5. The van der Waals surface area contributed by atoms with E-state index in [9.17, 15) is 9.59 Å². The highest BCUT2D eigenvalue weighted by Gasteiger charge is 2.20. The van der Waals surface area contributed by atoms with Crippen molar-refractivity contribution in [1.29, 1.82) is 0 Å². The molecule has 2 rings (SSSR count). The lowest BCUT2D eigenvalue weighted by Crippen LogP contribution is -2.30. The van der Waals surface area contributed by atoms with Crippen LogP contribution in [0.4, 0.5) is 11.4 Å². The van der Waals surface area contributed by atoms with Gasteiger partial charge in [0.05, 0.1) is 5.56 Å². The van der Waals surface area contributed by atoms with Crippen LogP contribution in [0.3, 0.4) is 0 Å². The molecule has 2 aromatic rings. The lowest BCUT2D eigenvalue weighted by molar-refractivity contribution is -0.123. The maximum absolute atomic E-state index is 12.2. The number of anilines is 2. The Morgan fingerprint density at radius 2 is 1.70 bits per heavy atom. The summed E-state index contributed by atoms with van der Waals surface area (Å²) in [5, 5.41) is 5.65. The van der Waals surface area contributed by atoms with Crippen molar-refractivity contribution in [2.24, 2.45) is 0 Å². The molecule has 0 heterocycles. The van der Waals surface area contributed by atoms with E-state index in [4.69, 9.17) is 4.74 Å². The minimum absolute atomic E-state index is 0.371. The molecule has 0 spiro atoms. The van der Waals surface area contributed by atoms with Crippen LogP contribution >= 0.6 is 0 Å². The van der Waals surface area contributed by atoms with E-state index < -0.39 is 12.1 Å². The molecule has 0 aliphatic carbocycles. The van der Waals surface area contributed by atoms with E-state index in [1.807, 2.05) is 25.1 Å². The van der Waals surface area contributed by atoms with E-state index in [1.165, 1.54) is 0 Å². The van der Waals surface area contributed by atoms with Gasteiger partial charge in [-0.1, -0.05) is 29.8 Å². The van der Waals surface area contributed by atoms with E-state index in [1.54, 1.807) is 44.3 Å². The topological polar surface area (TPSA) is 67.4 Å². The first-order valence-corrected chi connectivity index (χ1v) is 7.36. The van der Waals surface area contributed by atoms with Gasteiger partial charge < -0.3 is 15.4 Å². The number of benzene rings is 2. The number of amides is 1. The monoisotopic (exact) mass is 312 g/mol. The fraction of sp³-hybridized carbons (Fsp3) is 0.222. The molecule has 120 valence electrons. The Morgan fingerprint density at radius 3 is 2.35 bits per heavy atom. The predicted molar refractivity (Wildman–Crippen MR) is 90.7 cm³/mol. The van der Waals surface area contributed by atoms with Gasteiger partial charge in [-0.05, 0) is 38.1 Å². The molecule has 0 aliphatic rings. The quantitative estimate of drug-likeness (QED) is 0.832. The molecular formula is C18H20N2O3. The summed E-state index contributed by atoms with van der Waals surface area (Å²) in [6, 6.07) is 14.4. The maximum Gasteiger partial charge on any atom is 0.341 e. The van der Waals surface area contributed by atoms with E-state index in [0.29, 0.717) is 16.9 Å². The summed E-state index contributed by atoms with van der Waals surface area (Å²) >= 11 is 0. The number of aryl methyl sites for hydroxylation is 1. The van der Waals surface area contributed by atoms with Crippen LogP contribution in [0.1, 0.15) is 22.8 Å². The van der Waals surface area contributed by atoms with Gasteiger partial charge >= 0.3 is 5.97 Å². The Labute approximate surface area is 135 Å². The van der Waals surface area contributed by atoms with Crippen LogP contribution in [0, 0.1) is 6.92 Å². The fourth-order valence-corrected chi connectivity index (χ4v) is 2.04. The molecule has 23 heavy (non-hydrogen) atoms. The Bertz CT molecular complexity index is 696. The third-order valence-corrected chi connectivity index (χ3v) is 3.39. The molecule has 0 aromatic heterocycles. The molecule has 0 aliphatic heterocycles. The van der Waals surface area contributed by atoms with Crippen LogP contribution in [0.2, 0.25) is 0 Å². The van der Waals surface area contributed by atoms with Gasteiger partial charge in [-0.15, -0.1) is 0 Å². The van der Waals surface area contributed by atoms with Gasteiger partial charge in [-0.2, -0.15) is 0 Å². The van der Waals surface area contributed by atoms with Gasteiger partial charge in [0.1, 0.15) is 0 Å². The van der Waals surface area contributed by atoms with Crippen molar-refractivity contribution in [2.75, 3.05) is 17.7 Å². The second-order valence-corrected chi connectivity index (χ2v) is 5.20. The van der Waals surface area contributed by atoms with Crippen LogP contribution in [0.15, 0.2) is 48.5 Å². The summed E-state index contributed by atoms with van der Waals surface area (Å²) in [6.45, 7) is 3.51. The van der Waals surface area contributed by atoms with Crippen LogP contribution in [0.25, 0.3) is 0 Å². The Morgan fingerprint density at radius 1 is 1.04 bits per heavy atom. The number of carbonyl (C=O) groups is 2. The molecular weight excluding hydrogens is 292 g/mol. The first kappa shape index (κ1) is 16.5. The largest absolute Gasteiger partial charge is 0.449 e. The second kappa shape index (κ2) is 7.45. The van der Waals surface area contributed by atoms with Crippen molar-refractivity contribution in [3.63, 3.8) is 0 Å². The lowest BCUT2D eigenvalue weighted by Gasteiger charge is -2.15. The van der Waals surface area contributed by atoms with Gasteiger partial charge in [-0.3, -0.25) is 4.79 Å². The highest BCUT2D eigenvalue weighted by Crippen LogP contribution is 2.16. The van der Waals surface area contributed by atoms with Crippen molar-refractivity contribution < 1.29 is 14.3 Å². The number of hydrogen-bond donors (Lipinski definition) is 2. The summed E-state index contributed by atoms with van der Waals surface area (Å²) in [5.41, 5.74) is 2.82. The van der Waals surface area contributed by atoms with Crippen LogP contribution in [-0.4, -0.2) is 25.0 Å². The summed E-state index contributed by atoms with van der Waals surface area (Å²) in [6.07, 6.45) is -0.895. The third kappa shape index (κ3) is 4.32. The maximum atomic E-state index is 12.2. The van der Waals surface area contributed by atoms with Crippen LogP contribution < -0.4 is 10.6 Å². The number of hydrogen-bond acceptors (Lipinski definition) is 4. The zero-order valence-corrected chi connectivity index (χ0v) is 13.4. The second-order valence-electron chi connectivity index (χ2n) is 5.20. The molecule has 0 saturated carbocycles. The summed E-state index contributed by atoms with van der Waals surface area (Å²) in [5.74, 6) is -0.911. The molecule has 0 unspecified atom stereocenters. The van der Waals surface area contributed by atoms with Crippen molar-refractivity contribution in [1.82, 2.24) is 0 Å². The number of ether oxygens (including phenoxy) is 1. The van der Waals surface area contributed by atoms with Crippen LogP contribution in [-0.2, 0) is 9.53 Å². The third-order valence-electron chi connectivity index (χ3n) is 3.39. The van der Waals surface area contributed by atoms with Crippen molar-refractivity contribution >= 4 is 23.3 Å². The van der Waals surface area contributed by atoms with E-state index in [0.717, 1.165) is 5.56 Å². The van der Waals surface area contributed by atoms with Gasteiger partial charge in [0, 0.05) is 18.4 Å². The number of nitrogens with one attached hydrogen (secondary N) is 2. The first-order chi connectivity index (χ1) is 11.0. The molecule has 2 N–H and O–H groups in total. The molecule has 1 atom stereocenters. The molecule has 2 aromatic carbocycles. The highest BCUT2D eigenvalue weighted by molar-refractivity contribution is 5.99. The number of carbonyl (C=O) groups excluding carboxylic acids is 2. The van der Waals surface area contributed by atoms with Crippen LogP contribution in [0.5, 0.6) is 0 Å². The van der Waals surface area contributed by atoms with Crippen molar-refractivity contribution in [3.05, 3.63) is 59.7 Å². The van der Waals surface area contributed by atoms with Crippen molar-refractivity contribution in [3.8, 4) is 0 Å². The first-order valence-electron chi connectivity index (χ1n) is 7.36. The molecule has 5 nitrogen and oxygen atoms in total. The highest BCUT2D eigenvalue weighted by atomic mass is 16.5. The summed E-state index contributed by atoms with van der Waals surface area (Å²) < 4.78 is 5.25.